The highest BCUT2D eigenvalue weighted by molar-refractivity contribution is 6.30. The fourth-order valence-electron chi connectivity index (χ4n) is 2.77. The first-order valence-electron chi connectivity index (χ1n) is 8.20. The van der Waals surface area contributed by atoms with Gasteiger partial charge < -0.3 is 10.1 Å². The average Bonchev–Trinajstić information content (AvgIpc) is 3.15. The summed E-state index contributed by atoms with van der Waals surface area (Å²) in [4.78, 5) is 4.67. The molecule has 4 rings (SSSR count). The molecule has 2 aromatic heterocycles. The Bertz CT molecular complexity index is 1040. The van der Waals surface area contributed by atoms with Crippen molar-refractivity contribution in [2.24, 2.45) is 0 Å². The van der Waals surface area contributed by atoms with Gasteiger partial charge in [-0.25, -0.2) is 4.98 Å². The summed E-state index contributed by atoms with van der Waals surface area (Å²) in [6.07, 6.45) is 1.74. The topological polar surface area (TPSA) is 51.5 Å². The molecule has 0 spiro atoms. The quantitative estimate of drug-likeness (QED) is 0.559. The molecule has 0 saturated heterocycles. The summed E-state index contributed by atoms with van der Waals surface area (Å²) in [6.45, 7) is 0.665. The van der Waals surface area contributed by atoms with Gasteiger partial charge in [-0.3, -0.25) is 0 Å². The summed E-state index contributed by atoms with van der Waals surface area (Å²) in [6, 6.07) is 19.5. The van der Waals surface area contributed by atoms with Crippen molar-refractivity contribution in [1.29, 1.82) is 0 Å². The van der Waals surface area contributed by atoms with Crippen molar-refractivity contribution in [3.63, 3.8) is 0 Å². The smallest absolute Gasteiger partial charge is 0.157 e. The van der Waals surface area contributed by atoms with Gasteiger partial charge in [-0.05, 0) is 29.8 Å². The summed E-state index contributed by atoms with van der Waals surface area (Å²) < 4.78 is 6.99. The Labute approximate surface area is 156 Å². The minimum atomic E-state index is 0.665. The van der Waals surface area contributed by atoms with Gasteiger partial charge in [0.25, 0.3) is 0 Å². The lowest BCUT2D eigenvalue weighted by Crippen LogP contribution is -2.06. The Morgan fingerprint density at radius 3 is 2.69 bits per heavy atom. The molecule has 2 aromatic carbocycles. The van der Waals surface area contributed by atoms with Crippen molar-refractivity contribution in [2.45, 2.75) is 6.54 Å². The molecule has 0 aliphatic carbocycles. The average molecular weight is 365 g/mol. The molecule has 0 fully saturated rings. The SMILES string of the molecule is COc1ccc(CNc2cc(-c3cccc(Cl)c3)nc3ccnn23)cc1. The Morgan fingerprint density at radius 2 is 1.92 bits per heavy atom. The van der Waals surface area contributed by atoms with E-state index in [0.29, 0.717) is 11.6 Å². The molecule has 0 bridgehead atoms. The maximum atomic E-state index is 6.13. The first-order valence-corrected chi connectivity index (χ1v) is 8.58. The zero-order valence-electron chi connectivity index (χ0n) is 14.2. The van der Waals surface area contributed by atoms with Gasteiger partial charge in [0.05, 0.1) is 19.0 Å². The lowest BCUT2D eigenvalue weighted by molar-refractivity contribution is 0.414. The van der Waals surface area contributed by atoms with Gasteiger partial charge in [-0.2, -0.15) is 9.61 Å². The summed E-state index contributed by atoms with van der Waals surface area (Å²) >= 11 is 6.13. The van der Waals surface area contributed by atoms with Crippen LogP contribution in [-0.4, -0.2) is 21.7 Å². The van der Waals surface area contributed by atoms with Crippen LogP contribution >= 0.6 is 11.6 Å². The van der Waals surface area contributed by atoms with Crippen LogP contribution in [0.3, 0.4) is 0 Å². The third-order valence-electron chi connectivity index (χ3n) is 4.11. The molecule has 0 amide bonds. The molecule has 6 heteroatoms. The lowest BCUT2D eigenvalue weighted by Gasteiger charge is -2.11. The van der Waals surface area contributed by atoms with Crippen molar-refractivity contribution < 1.29 is 4.74 Å². The number of benzene rings is 2. The molecule has 0 radical (unpaired) electrons. The maximum Gasteiger partial charge on any atom is 0.157 e. The van der Waals surface area contributed by atoms with E-state index < -0.39 is 0 Å². The largest absolute Gasteiger partial charge is 0.497 e. The number of hydrogen-bond donors (Lipinski definition) is 1. The highest BCUT2D eigenvalue weighted by atomic mass is 35.5. The predicted molar refractivity (Wildman–Crippen MR) is 104 cm³/mol. The number of anilines is 1. The van der Waals surface area contributed by atoms with E-state index in [0.717, 1.165) is 34.0 Å². The standard InChI is InChI=1S/C20H17ClN4O/c1-26-17-7-5-14(6-8-17)13-22-20-12-18(15-3-2-4-16(21)11-15)24-19-9-10-23-25(19)20/h2-12,22H,13H2,1H3. The Kier molecular flexibility index (Phi) is 4.46. The van der Waals surface area contributed by atoms with E-state index in [-0.39, 0.29) is 0 Å². The summed E-state index contributed by atoms with van der Waals surface area (Å²) in [5.74, 6) is 1.71. The highest BCUT2D eigenvalue weighted by Crippen LogP contribution is 2.25. The van der Waals surface area contributed by atoms with Crippen LogP contribution in [0.5, 0.6) is 5.75 Å². The summed E-state index contributed by atoms with van der Waals surface area (Å²) in [5.41, 5.74) is 3.73. The van der Waals surface area contributed by atoms with E-state index in [1.165, 1.54) is 0 Å². The molecule has 0 aliphatic heterocycles. The van der Waals surface area contributed by atoms with E-state index in [1.807, 2.05) is 60.7 Å². The molecule has 0 saturated carbocycles. The van der Waals surface area contributed by atoms with Crippen molar-refractivity contribution in [3.05, 3.63) is 77.4 Å². The minimum Gasteiger partial charge on any atom is -0.497 e. The van der Waals surface area contributed by atoms with E-state index >= 15 is 0 Å². The summed E-state index contributed by atoms with van der Waals surface area (Å²) in [5, 5.41) is 8.48. The normalized spacial score (nSPS) is 10.8. The second kappa shape index (κ2) is 7.06. The zero-order valence-corrected chi connectivity index (χ0v) is 14.9. The van der Waals surface area contributed by atoms with Crippen molar-refractivity contribution in [3.8, 4) is 17.0 Å². The number of hydrogen-bond acceptors (Lipinski definition) is 4. The molecule has 2 heterocycles. The number of nitrogens with one attached hydrogen (secondary N) is 1. The van der Waals surface area contributed by atoms with Gasteiger partial charge in [0.15, 0.2) is 5.65 Å². The first-order chi connectivity index (χ1) is 12.7. The monoisotopic (exact) mass is 364 g/mol. The van der Waals surface area contributed by atoms with Gasteiger partial charge in [-0.1, -0.05) is 35.9 Å². The lowest BCUT2D eigenvalue weighted by atomic mass is 10.1. The fourth-order valence-corrected chi connectivity index (χ4v) is 2.96. The van der Waals surface area contributed by atoms with Crippen molar-refractivity contribution in [2.75, 3.05) is 12.4 Å². The number of rotatable bonds is 5. The molecule has 1 N–H and O–H groups in total. The molecule has 0 atom stereocenters. The molecular weight excluding hydrogens is 348 g/mol. The van der Waals surface area contributed by atoms with Crippen LogP contribution in [0.4, 0.5) is 5.82 Å². The zero-order chi connectivity index (χ0) is 17.9. The highest BCUT2D eigenvalue weighted by Gasteiger charge is 2.09. The third-order valence-corrected chi connectivity index (χ3v) is 4.35. The van der Waals surface area contributed by atoms with Crippen molar-refractivity contribution in [1.82, 2.24) is 14.6 Å². The van der Waals surface area contributed by atoms with E-state index in [9.17, 15) is 0 Å². The van der Waals surface area contributed by atoms with Gasteiger partial charge in [0.2, 0.25) is 0 Å². The molecule has 0 aliphatic rings. The number of ether oxygens (including phenoxy) is 1. The van der Waals surface area contributed by atoms with Gasteiger partial charge in [-0.15, -0.1) is 0 Å². The van der Waals surface area contributed by atoms with Crippen LogP contribution in [0.15, 0.2) is 66.9 Å². The number of methoxy groups -OCH3 is 1. The Hall–Kier alpha value is -3.05. The maximum absolute atomic E-state index is 6.13. The first kappa shape index (κ1) is 16.4. The van der Waals surface area contributed by atoms with Crippen LogP contribution in [0.2, 0.25) is 5.02 Å². The van der Waals surface area contributed by atoms with Crippen molar-refractivity contribution >= 4 is 23.1 Å². The molecule has 5 nitrogen and oxygen atoms in total. The van der Waals surface area contributed by atoms with E-state index in [1.54, 1.807) is 17.8 Å². The van der Waals surface area contributed by atoms with Crippen LogP contribution in [0, 0.1) is 0 Å². The molecular formula is C20H17ClN4O. The second-order valence-electron chi connectivity index (χ2n) is 5.84. The Morgan fingerprint density at radius 1 is 1.08 bits per heavy atom. The predicted octanol–water partition coefficient (Wildman–Crippen LogP) is 4.67. The molecule has 26 heavy (non-hydrogen) atoms. The molecule has 4 aromatic rings. The van der Waals surface area contributed by atoms with Crippen LogP contribution in [0.1, 0.15) is 5.56 Å². The third kappa shape index (κ3) is 3.34. The number of nitrogens with zero attached hydrogens (tertiary/aromatic N) is 3. The van der Waals surface area contributed by atoms with E-state index in [2.05, 4.69) is 15.4 Å². The number of fused-ring (bicyclic) bond motifs is 1. The Balaban J connectivity index is 1.66. The molecule has 0 unspecified atom stereocenters. The van der Waals surface area contributed by atoms with E-state index in [4.69, 9.17) is 16.3 Å². The minimum absolute atomic E-state index is 0.665. The van der Waals surface area contributed by atoms with Crippen LogP contribution in [0.25, 0.3) is 16.9 Å². The van der Waals surface area contributed by atoms with Gasteiger partial charge in [0, 0.05) is 29.3 Å². The molecule has 130 valence electrons. The summed E-state index contributed by atoms with van der Waals surface area (Å²) in [7, 11) is 1.66. The number of halogens is 1. The van der Waals surface area contributed by atoms with Gasteiger partial charge >= 0.3 is 0 Å². The number of aromatic nitrogens is 3. The second-order valence-corrected chi connectivity index (χ2v) is 6.28. The van der Waals surface area contributed by atoms with Gasteiger partial charge in [0.1, 0.15) is 11.6 Å². The fraction of sp³-hybridized carbons (Fsp3) is 0.100. The van der Waals surface area contributed by atoms with Crippen LogP contribution in [-0.2, 0) is 6.54 Å². The van der Waals surface area contributed by atoms with Crippen LogP contribution < -0.4 is 10.1 Å².